The minimum absolute atomic E-state index is 0.292. The zero-order valence-corrected chi connectivity index (χ0v) is 24.0. The Kier molecular flexibility index (Phi) is 16.5. The molecule has 0 N–H and O–H groups in total. The van der Waals surface area contributed by atoms with E-state index in [1.807, 2.05) is 0 Å². The number of ether oxygens (including phenoxy) is 5. The Morgan fingerprint density at radius 2 is 1.30 bits per heavy atom. The molecule has 0 saturated carbocycles. The van der Waals surface area contributed by atoms with Gasteiger partial charge in [0, 0.05) is 40.8 Å². The highest BCUT2D eigenvalue weighted by atomic mass is 32.2. The van der Waals surface area contributed by atoms with Gasteiger partial charge in [0.1, 0.15) is 12.7 Å². The van der Waals surface area contributed by atoms with Crippen molar-refractivity contribution in [3.8, 4) is 0 Å². The van der Waals surface area contributed by atoms with Gasteiger partial charge in [-0.25, -0.2) is 4.31 Å². The maximum absolute atomic E-state index is 12.0. The number of esters is 4. The third-order valence-electron chi connectivity index (χ3n) is 5.72. The number of hydrogen-bond acceptors (Lipinski definition) is 11. The molecule has 1 aliphatic rings. The van der Waals surface area contributed by atoms with E-state index in [1.165, 1.54) is 39.6 Å². The fourth-order valence-electron chi connectivity index (χ4n) is 4.08. The summed E-state index contributed by atoms with van der Waals surface area (Å²) < 4.78 is 30.1. The van der Waals surface area contributed by atoms with E-state index in [1.54, 1.807) is 0 Å². The highest BCUT2D eigenvalue weighted by molar-refractivity contribution is 7.97. The third-order valence-corrected chi connectivity index (χ3v) is 6.97. The number of hydrogen-bond donors (Lipinski definition) is 0. The molecular formula is C26H45NO9S. The van der Waals surface area contributed by atoms with Crippen LogP contribution in [-0.2, 0) is 42.9 Å². The Hall–Kier alpha value is -1.85. The maximum atomic E-state index is 12.0. The van der Waals surface area contributed by atoms with Crippen LogP contribution in [0.25, 0.3) is 0 Å². The second-order valence-corrected chi connectivity index (χ2v) is 10.4. The standard InChI is InChI=1S/C26H45NO9S/c1-7-9-11-13-15-27(16-14-12-10-8-2)37-26-25(35-21(6)31)24(34-20(5)30)23(36-26)22(33-19(4)29)17-32-18(3)28/h22-26H,7-17H2,1-6H3/t22-,23+,24+,25-,26+/m1/s1. The molecule has 0 aromatic rings. The SMILES string of the molecule is CCCCCCN(CCCCCC)S[C@@H]1O[C@@H]([C@@H](COC(C)=O)OC(C)=O)[C@H](OC(C)=O)[C@H]1OC(C)=O. The fraction of sp³-hybridized carbons (Fsp3) is 0.846. The van der Waals surface area contributed by atoms with Gasteiger partial charge in [-0.2, -0.15) is 0 Å². The van der Waals surface area contributed by atoms with Crippen LogP contribution in [-0.4, -0.2) is 77.7 Å². The minimum Gasteiger partial charge on any atom is -0.462 e. The zero-order chi connectivity index (χ0) is 27.8. The number of carbonyl (C=O) groups excluding carboxylic acids is 4. The Bertz CT molecular complexity index is 708. The van der Waals surface area contributed by atoms with E-state index in [9.17, 15) is 19.2 Å². The van der Waals surface area contributed by atoms with Crippen LogP contribution in [0.2, 0.25) is 0 Å². The van der Waals surface area contributed by atoms with Gasteiger partial charge in [-0.15, -0.1) is 0 Å². The highest BCUT2D eigenvalue weighted by Gasteiger charge is 2.54. The topological polar surface area (TPSA) is 118 Å². The summed E-state index contributed by atoms with van der Waals surface area (Å²) >= 11 is 1.41. The van der Waals surface area contributed by atoms with Gasteiger partial charge >= 0.3 is 23.9 Å². The van der Waals surface area contributed by atoms with Crippen molar-refractivity contribution in [3.63, 3.8) is 0 Å². The van der Waals surface area contributed by atoms with Gasteiger partial charge in [0.15, 0.2) is 23.7 Å². The summed E-state index contributed by atoms with van der Waals surface area (Å²) in [5.41, 5.74) is -0.717. The Labute approximate surface area is 225 Å². The maximum Gasteiger partial charge on any atom is 0.303 e. The summed E-state index contributed by atoms with van der Waals surface area (Å²) in [7, 11) is 0. The first-order valence-electron chi connectivity index (χ1n) is 13.3. The van der Waals surface area contributed by atoms with E-state index in [-0.39, 0.29) is 6.61 Å². The quantitative estimate of drug-likeness (QED) is 0.106. The van der Waals surface area contributed by atoms with Crippen LogP contribution in [0, 0.1) is 0 Å². The molecule has 0 radical (unpaired) electrons. The van der Waals surface area contributed by atoms with E-state index < -0.39 is 53.7 Å². The van der Waals surface area contributed by atoms with Crippen LogP contribution in [0.1, 0.15) is 92.9 Å². The summed E-state index contributed by atoms with van der Waals surface area (Å²) in [4.78, 5) is 47.3. The van der Waals surface area contributed by atoms with Crippen molar-refractivity contribution in [2.75, 3.05) is 19.7 Å². The Morgan fingerprint density at radius 3 is 1.76 bits per heavy atom. The lowest BCUT2D eigenvalue weighted by molar-refractivity contribution is -0.176. The molecule has 0 spiro atoms. The summed E-state index contributed by atoms with van der Waals surface area (Å²) in [6.07, 6.45) is 4.76. The molecule has 5 atom stereocenters. The van der Waals surface area contributed by atoms with Crippen LogP contribution >= 0.6 is 11.9 Å². The number of unbranched alkanes of at least 4 members (excludes halogenated alkanes) is 6. The van der Waals surface area contributed by atoms with Gasteiger partial charge in [-0.3, -0.25) is 19.2 Å². The van der Waals surface area contributed by atoms with Crippen LogP contribution in [0.15, 0.2) is 0 Å². The van der Waals surface area contributed by atoms with Crippen LogP contribution in [0.3, 0.4) is 0 Å². The lowest BCUT2D eigenvalue weighted by atomic mass is 10.1. The molecule has 0 amide bonds. The minimum atomic E-state index is -1.06. The predicted octanol–water partition coefficient (Wildman–Crippen LogP) is 4.18. The molecule has 37 heavy (non-hydrogen) atoms. The molecule has 1 heterocycles. The molecule has 0 aliphatic carbocycles. The van der Waals surface area contributed by atoms with E-state index in [0.29, 0.717) is 0 Å². The number of nitrogens with zero attached hydrogens (tertiary/aromatic N) is 1. The van der Waals surface area contributed by atoms with Gasteiger partial charge in [0.2, 0.25) is 0 Å². The molecular weight excluding hydrogens is 502 g/mol. The van der Waals surface area contributed by atoms with E-state index >= 15 is 0 Å². The third kappa shape index (κ3) is 13.5. The number of rotatable bonds is 18. The van der Waals surface area contributed by atoms with Crippen molar-refractivity contribution in [1.29, 1.82) is 0 Å². The molecule has 1 fully saturated rings. The summed E-state index contributed by atoms with van der Waals surface area (Å²) in [6, 6.07) is 0. The smallest absolute Gasteiger partial charge is 0.303 e. The predicted molar refractivity (Wildman–Crippen MR) is 139 cm³/mol. The summed E-state index contributed by atoms with van der Waals surface area (Å²) in [5, 5.41) is 0. The molecule has 10 nitrogen and oxygen atoms in total. The van der Waals surface area contributed by atoms with Crippen molar-refractivity contribution in [2.24, 2.45) is 0 Å². The molecule has 1 saturated heterocycles. The normalized spacial score (nSPS) is 21.9. The van der Waals surface area contributed by atoms with E-state index in [4.69, 9.17) is 23.7 Å². The van der Waals surface area contributed by atoms with Crippen LogP contribution in [0.4, 0.5) is 0 Å². The first kappa shape index (κ1) is 33.2. The van der Waals surface area contributed by atoms with Gasteiger partial charge in [0.05, 0.1) is 0 Å². The van der Waals surface area contributed by atoms with E-state index in [0.717, 1.165) is 64.5 Å². The van der Waals surface area contributed by atoms with Crippen molar-refractivity contribution in [2.45, 2.75) is 123 Å². The first-order chi connectivity index (χ1) is 17.6. The van der Waals surface area contributed by atoms with Crippen molar-refractivity contribution in [1.82, 2.24) is 4.31 Å². The van der Waals surface area contributed by atoms with Gasteiger partial charge in [-0.05, 0) is 24.8 Å². The van der Waals surface area contributed by atoms with Gasteiger partial charge < -0.3 is 23.7 Å². The second-order valence-electron chi connectivity index (χ2n) is 9.22. The van der Waals surface area contributed by atoms with Gasteiger partial charge in [0.25, 0.3) is 0 Å². The molecule has 0 aromatic carbocycles. The Balaban J connectivity index is 3.20. The molecule has 0 aromatic heterocycles. The lowest BCUT2D eigenvalue weighted by Gasteiger charge is -2.28. The van der Waals surface area contributed by atoms with Crippen LogP contribution in [0.5, 0.6) is 0 Å². The monoisotopic (exact) mass is 547 g/mol. The lowest BCUT2D eigenvalue weighted by Crippen LogP contribution is -2.46. The van der Waals surface area contributed by atoms with E-state index in [2.05, 4.69) is 18.2 Å². The summed E-state index contributed by atoms with van der Waals surface area (Å²) in [6.45, 7) is 10.7. The molecule has 1 aliphatic heterocycles. The molecule has 1 rings (SSSR count). The highest BCUT2D eigenvalue weighted by Crippen LogP contribution is 2.37. The average Bonchev–Trinajstić information content (AvgIpc) is 3.11. The van der Waals surface area contributed by atoms with Crippen molar-refractivity contribution in [3.05, 3.63) is 0 Å². The van der Waals surface area contributed by atoms with Crippen molar-refractivity contribution < 1.29 is 42.9 Å². The zero-order valence-electron chi connectivity index (χ0n) is 23.2. The Morgan fingerprint density at radius 1 is 0.757 bits per heavy atom. The average molecular weight is 548 g/mol. The largest absolute Gasteiger partial charge is 0.462 e. The number of carbonyl (C=O) groups is 4. The van der Waals surface area contributed by atoms with Gasteiger partial charge in [-0.1, -0.05) is 52.4 Å². The second kappa shape index (κ2) is 18.4. The molecule has 214 valence electrons. The molecule has 0 bridgehead atoms. The molecule has 0 unspecified atom stereocenters. The molecule has 11 heteroatoms. The van der Waals surface area contributed by atoms with Crippen LogP contribution < -0.4 is 0 Å². The van der Waals surface area contributed by atoms with Crippen molar-refractivity contribution >= 4 is 35.8 Å². The first-order valence-corrected chi connectivity index (χ1v) is 14.1. The fourth-order valence-corrected chi connectivity index (χ4v) is 5.35. The summed E-state index contributed by atoms with van der Waals surface area (Å²) in [5.74, 6) is -2.34.